The molecule has 0 aromatic carbocycles. The Morgan fingerprint density at radius 3 is 3.06 bits per heavy atom. The van der Waals surface area contributed by atoms with Crippen LogP contribution in [0.15, 0.2) is 10.9 Å². The predicted octanol–water partition coefficient (Wildman–Crippen LogP) is 0.522. The molecule has 0 amide bonds. The molecule has 1 aliphatic carbocycles. The third-order valence-electron chi connectivity index (χ3n) is 3.13. The van der Waals surface area contributed by atoms with Gasteiger partial charge in [0.2, 0.25) is 5.89 Å². The molecule has 1 saturated carbocycles. The second-order valence-electron chi connectivity index (χ2n) is 4.68. The maximum absolute atomic E-state index is 9.73. The molecule has 0 aliphatic heterocycles. The monoisotopic (exact) mass is 255 g/mol. The zero-order chi connectivity index (χ0) is 12.6. The fourth-order valence-electron chi connectivity index (χ4n) is 2.13. The smallest absolute Gasteiger partial charge is 0.227 e. The van der Waals surface area contributed by atoms with Gasteiger partial charge < -0.3 is 19.7 Å². The van der Waals surface area contributed by atoms with Crippen LogP contribution >= 0.6 is 0 Å². The SMILES string of the molecule is OC(CNCCc1ncno1)COC1CCCC1. The number of rotatable bonds is 8. The number of hydrogen-bond acceptors (Lipinski definition) is 6. The minimum Gasteiger partial charge on any atom is -0.389 e. The highest BCUT2D eigenvalue weighted by molar-refractivity contribution is 4.75. The molecule has 6 nitrogen and oxygen atoms in total. The molecule has 0 radical (unpaired) electrons. The van der Waals surface area contributed by atoms with Crippen LogP contribution < -0.4 is 5.32 Å². The van der Waals surface area contributed by atoms with Crippen molar-refractivity contribution in [2.75, 3.05) is 19.7 Å². The van der Waals surface area contributed by atoms with Gasteiger partial charge in [-0.05, 0) is 12.8 Å². The molecule has 102 valence electrons. The van der Waals surface area contributed by atoms with Crippen molar-refractivity contribution in [1.82, 2.24) is 15.5 Å². The molecule has 1 aromatic rings. The Balaban J connectivity index is 1.47. The first-order chi connectivity index (χ1) is 8.84. The largest absolute Gasteiger partial charge is 0.389 e. The van der Waals surface area contributed by atoms with Crippen molar-refractivity contribution in [2.45, 2.75) is 44.3 Å². The van der Waals surface area contributed by atoms with Crippen LogP contribution in [0.2, 0.25) is 0 Å². The van der Waals surface area contributed by atoms with E-state index >= 15 is 0 Å². The topological polar surface area (TPSA) is 80.4 Å². The van der Waals surface area contributed by atoms with Crippen LogP contribution in [0.1, 0.15) is 31.6 Å². The highest BCUT2D eigenvalue weighted by Crippen LogP contribution is 2.20. The Labute approximate surface area is 107 Å². The van der Waals surface area contributed by atoms with E-state index in [9.17, 15) is 5.11 Å². The standard InChI is InChI=1S/C12H21N3O3/c16-10(8-17-11-3-1-2-4-11)7-13-6-5-12-14-9-15-18-12/h9-11,13,16H,1-8H2. The second-order valence-corrected chi connectivity index (χ2v) is 4.68. The van der Waals surface area contributed by atoms with E-state index in [2.05, 4.69) is 15.5 Å². The van der Waals surface area contributed by atoms with E-state index in [-0.39, 0.29) is 0 Å². The first-order valence-corrected chi connectivity index (χ1v) is 6.60. The Morgan fingerprint density at radius 2 is 2.33 bits per heavy atom. The molecule has 2 N–H and O–H groups in total. The summed E-state index contributed by atoms with van der Waals surface area (Å²) >= 11 is 0. The quantitative estimate of drug-likeness (QED) is 0.659. The zero-order valence-corrected chi connectivity index (χ0v) is 10.5. The maximum atomic E-state index is 9.73. The van der Waals surface area contributed by atoms with Crippen LogP contribution in [-0.2, 0) is 11.2 Å². The third-order valence-corrected chi connectivity index (χ3v) is 3.13. The molecule has 0 spiro atoms. The molecule has 1 unspecified atom stereocenters. The summed E-state index contributed by atoms with van der Waals surface area (Å²) in [5, 5.41) is 16.4. The molecular formula is C12H21N3O3. The number of aliphatic hydroxyl groups excluding tert-OH is 1. The molecule has 6 heteroatoms. The summed E-state index contributed by atoms with van der Waals surface area (Å²) in [4.78, 5) is 3.92. The Hall–Kier alpha value is -0.980. The minimum atomic E-state index is -0.451. The average Bonchev–Trinajstić information content (AvgIpc) is 3.04. The summed E-state index contributed by atoms with van der Waals surface area (Å²) in [5.41, 5.74) is 0. The lowest BCUT2D eigenvalue weighted by atomic mass is 10.3. The Bertz CT molecular complexity index is 312. The van der Waals surface area contributed by atoms with E-state index in [1.807, 2.05) is 0 Å². The van der Waals surface area contributed by atoms with Crippen molar-refractivity contribution in [1.29, 1.82) is 0 Å². The van der Waals surface area contributed by atoms with Crippen molar-refractivity contribution >= 4 is 0 Å². The molecule has 0 saturated heterocycles. The lowest BCUT2D eigenvalue weighted by Gasteiger charge is -2.15. The van der Waals surface area contributed by atoms with Gasteiger partial charge in [0.05, 0.1) is 18.8 Å². The van der Waals surface area contributed by atoms with Crippen molar-refractivity contribution in [3.8, 4) is 0 Å². The molecule has 0 bridgehead atoms. The summed E-state index contributed by atoms with van der Waals surface area (Å²) in [6, 6.07) is 0. The minimum absolute atomic E-state index is 0.359. The summed E-state index contributed by atoms with van der Waals surface area (Å²) < 4.78 is 10.5. The van der Waals surface area contributed by atoms with Crippen molar-refractivity contribution in [3.05, 3.63) is 12.2 Å². The van der Waals surface area contributed by atoms with Gasteiger partial charge in [-0.3, -0.25) is 0 Å². The summed E-state index contributed by atoms with van der Waals surface area (Å²) in [6.45, 7) is 1.65. The van der Waals surface area contributed by atoms with Gasteiger partial charge in [0, 0.05) is 19.5 Å². The van der Waals surface area contributed by atoms with Gasteiger partial charge in [-0.1, -0.05) is 18.0 Å². The average molecular weight is 255 g/mol. The van der Waals surface area contributed by atoms with Crippen molar-refractivity contribution < 1.29 is 14.4 Å². The van der Waals surface area contributed by atoms with Crippen LogP contribution in [0.25, 0.3) is 0 Å². The molecule has 1 aromatic heterocycles. The van der Waals surface area contributed by atoms with Gasteiger partial charge in [-0.25, -0.2) is 0 Å². The number of aromatic nitrogens is 2. The Kier molecular flexibility index (Phi) is 5.57. The number of hydrogen-bond donors (Lipinski definition) is 2. The number of aliphatic hydroxyl groups is 1. The lowest BCUT2D eigenvalue weighted by molar-refractivity contribution is -0.00533. The maximum Gasteiger partial charge on any atom is 0.227 e. The van der Waals surface area contributed by atoms with Crippen LogP contribution in [0.4, 0.5) is 0 Å². The Morgan fingerprint density at radius 1 is 1.50 bits per heavy atom. The molecular weight excluding hydrogens is 234 g/mol. The fraction of sp³-hybridized carbons (Fsp3) is 0.833. The van der Waals surface area contributed by atoms with E-state index in [0.717, 1.165) is 12.8 Å². The summed E-state index contributed by atoms with van der Waals surface area (Å²) in [6.07, 6.45) is 6.75. The van der Waals surface area contributed by atoms with Gasteiger partial charge in [0.15, 0.2) is 6.33 Å². The van der Waals surface area contributed by atoms with Gasteiger partial charge in [-0.15, -0.1) is 0 Å². The second kappa shape index (κ2) is 7.45. The molecule has 1 heterocycles. The van der Waals surface area contributed by atoms with E-state index < -0.39 is 6.10 Å². The van der Waals surface area contributed by atoms with Crippen LogP contribution in [-0.4, -0.2) is 47.2 Å². The van der Waals surface area contributed by atoms with Crippen LogP contribution in [0.3, 0.4) is 0 Å². The fourth-order valence-corrected chi connectivity index (χ4v) is 2.13. The summed E-state index contributed by atoms with van der Waals surface area (Å²) in [7, 11) is 0. The van der Waals surface area contributed by atoms with E-state index in [1.165, 1.54) is 19.2 Å². The summed E-state index contributed by atoms with van der Waals surface area (Å²) in [5.74, 6) is 0.610. The highest BCUT2D eigenvalue weighted by Gasteiger charge is 2.16. The van der Waals surface area contributed by atoms with Crippen LogP contribution in [0, 0.1) is 0 Å². The molecule has 2 rings (SSSR count). The molecule has 18 heavy (non-hydrogen) atoms. The number of nitrogens with one attached hydrogen (secondary N) is 1. The van der Waals surface area contributed by atoms with E-state index in [1.54, 1.807) is 0 Å². The van der Waals surface area contributed by atoms with Crippen molar-refractivity contribution in [2.24, 2.45) is 0 Å². The third kappa shape index (κ3) is 4.72. The predicted molar refractivity (Wildman–Crippen MR) is 65.1 cm³/mol. The van der Waals surface area contributed by atoms with Gasteiger partial charge in [0.1, 0.15) is 0 Å². The van der Waals surface area contributed by atoms with E-state index in [4.69, 9.17) is 9.26 Å². The lowest BCUT2D eigenvalue weighted by Crippen LogP contribution is -2.32. The van der Waals surface area contributed by atoms with Crippen molar-refractivity contribution in [3.63, 3.8) is 0 Å². The van der Waals surface area contributed by atoms with Gasteiger partial charge >= 0.3 is 0 Å². The van der Waals surface area contributed by atoms with E-state index in [0.29, 0.717) is 38.1 Å². The highest BCUT2D eigenvalue weighted by atomic mass is 16.5. The number of nitrogens with zero attached hydrogens (tertiary/aromatic N) is 2. The molecule has 1 atom stereocenters. The first-order valence-electron chi connectivity index (χ1n) is 6.60. The molecule has 1 fully saturated rings. The first kappa shape index (κ1) is 13.5. The molecule has 1 aliphatic rings. The van der Waals surface area contributed by atoms with Gasteiger partial charge in [0.25, 0.3) is 0 Å². The normalized spacial score (nSPS) is 18.3. The van der Waals surface area contributed by atoms with Crippen LogP contribution in [0.5, 0.6) is 0 Å². The number of ether oxygens (including phenoxy) is 1. The van der Waals surface area contributed by atoms with Gasteiger partial charge in [-0.2, -0.15) is 4.98 Å². The zero-order valence-electron chi connectivity index (χ0n) is 10.5.